The molecule has 0 radical (unpaired) electrons. The van der Waals surface area contributed by atoms with E-state index in [2.05, 4.69) is 64.0 Å². The molecule has 0 spiro atoms. The Morgan fingerprint density at radius 2 is 1.89 bits per heavy atom. The minimum absolute atomic E-state index is 0.141. The number of nitrogens with two attached hydrogens (primary N) is 1. The molecule has 0 amide bonds. The minimum atomic E-state index is 0.141. The highest BCUT2D eigenvalue weighted by atomic mass is 79.9. The Labute approximate surface area is 118 Å². The van der Waals surface area contributed by atoms with Crippen LogP contribution in [-0.4, -0.2) is 49.1 Å². The molecule has 1 aliphatic rings. The van der Waals surface area contributed by atoms with Crippen LogP contribution in [0.4, 0.5) is 0 Å². The summed E-state index contributed by atoms with van der Waals surface area (Å²) in [7, 11) is 2.18. The number of benzene rings is 1. The molecule has 1 saturated heterocycles. The van der Waals surface area contributed by atoms with Crippen molar-refractivity contribution in [3.63, 3.8) is 0 Å². The first-order chi connectivity index (χ1) is 8.58. The SMILES string of the molecule is CC(N)C(c1cccc(Br)c1)N1CCN(C)CC1. The van der Waals surface area contributed by atoms with Crippen molar-refractivity contribution in [1.82, 2.24) is 9.80 Å². The summed E-state index contributed by atoms with van der Waals surface area (Å²) in [6, 6.07) is 8.97. The fourth-order valence-electron chi connectivity index (χ4n) is 2.64. The molecule has 3 nitrogen and oxygen atoms in total. The van der Waals surface area contributed by atoms with Crippen LogP contribution in [0.25, 0.3) is 0 Å². The predicted molar refractivity (Wildman–Crippen MR) is 79.6 cm³/mol. The van der Waals surface area contributed by atoms with Crippen molar-refractivity contribution < 1.29 is 0 Å². The summed E-state index contributed by atoms with van der Waals surface area (Å²) in [4.78, 5) is 4.88. The van der Waals surface area contributed by atoms with Crippen LogP contribution in [0.15, 0.2) is 28.7 Å². The van der Waals surface area contributed by atoms with Crippen molar-refractivity contribution in [3.05, 3.63) is 34.3 Å². The van der Waals surface area contributed by atoms with E-state index < -0.39 is 0 Å². The lowest BCUT2D eigenvalue weighted by Gasteiger charge is -2.40. The van der Waals surface area contributed by atoms with Gasteiger partial charge in [0, 0.05) is 42.7 Å². The lowest BCUT2D eigenvalue weighted by Crippen LogP contribution is -2.49. The van der Waals surface area contributed by atoms with Crippen LogP contribution in [0.2, 0.25) is 0 Å². The molecule has 4 heteroatoms. The van der Waals surface area contributed by atoms with E-state index in [-0.39, 0.29) is 6.04 Å². The highest BCUT2D eigenvalue weighted by molar-refractivity contribution is 9.10. The molecule has 0 aliphatic carbocycles. The quantitative estimate of drug-likeness (QED) is 0.927. The maximum atomic E-state index is 6.21. The molecule has 1 heterocycles. The predicted octanol–water partition coefficient (Wildman–Crippen LogP) is 2.08. The summed E-state index contributed by atoms with van der Waals surface area (Å²) < 4.78 is 1.12. The molecule has 100 valence electrons. The number of piperazine rings is 1. The van der Waals surface area contributed by atoms with E-state index in [1.54, 1.807) is 0 Å². The standard InChI is InChI=1S/C14H22BrN3/c1-11(16)14(12-4-3-5-13(15)10-12)18-8-6-17(2)7-9-18/h3-5,10-11,14H,6-9,16H2,1-2H3. The molecule has 1 fully saturated rings. The molecular weight excluding hydrogens is 290 g/mol. The molecule has 1 aromatic rings. The summed E-state index contributed by atoms with van der Waals surface area (Å²) in [5, 5.41) is 0. The van der Waals surface area contributed by atoms with Gasteiger partial charge < -0.3 is 10.6 Å². The number of halogens is 1. The van der Waals surface area contributed by atoms with Gasteiger partial charge >= 0.3 is 0 Å². The van der Waals surface area contributed by atoms with Crippen molar-refractivity contribution in [1.29, 1.82) is 0 Å². The Hall–Kier alpha value is -0.420. The molecular formula is C14H22BrN3. The van der Waals surface area contributed by atoms with Crippen LogP contribution < -0.4 is 5.73 Å². The van der Waals surface area contributed by atoms with Gasteiger partial charge in [0.1, 0.15) is 0 Å². The Bertz CT molecular complexity index is 386. The van der Waals surface area contributed by atoms with Crippen molar-refractivity contribution in [2.24, 2.45) is 5.73 Å². The number of rotatable bonds is 3. The van der Waals surface area contributed by atoms with E-state index in [9.17, 15) is 0 Å². The van der Waals surface area contributed by atoms with Gasteiger partial charge in [-0.2, -0.15) is 0 Å². The van der Waals surface area contributed by atoms with Gasteiger partial charge in [0.05, 0.1) is 0 Å². The maximum Gasteiger partial charge on any atom is 0.0497 e. The first-order valence-electron chi connectivity index (χ1n) is 6.51. The normalized spacial score (nSPS) is 21.8. The summed E-state index contributed by atoms with van der Waals surface area (Å²) >= 11 is 3.55. The van der Waals surface area contributed by atoms with Crippen LogP contribution in [0.5, 0.6) is 0 Å². The Morgan fingerprint density at radius 3 is 2.44 bits per heavy atom. The van der Waals surface area contributed by atoms with Gasteiger partial charge in [0.2, 0.25) is 0 Å². The first-order valence-corrected chi connectivity index (χ1v) is 7.31. The number of hydrogen-bond acceptors (Lipinski definition) is 3. The Kier molecular flexibility index (Phi) is 4.78. The van der Waals surface area contributed by atoms with Gasteiger partial charge in [-0.25, -0.2) is 0 Å². The maximum absolute atomic E-state index is 6.21. The monoisotopic (exact) mass is 311 g/mol. The molecule has 18 heavy (non-hydrogen) atoms. The summed E-state index contributed by atoms with van der Waals surface area (Å²) in [6.45, 7) is 6.53. The highest BCUT2D eigenvalue weighted by Gasteiger charge is 2.26. The van der Waals surface area contributed by atoms with Gasteiger partial charge in [-0.15, -0.1) is 0 Å². The van der Waals surface area contributed by atoms with Crippen molar-refractivity contribution >= 4 is 15.9 Å². The second-order valence-electron chi connectivity index (χ2n) is 5.20. The van der Waals surface area contributed by atoms with E-state index >= 15 is 0 Å². The van der Waals surface area contributed by atoms with Gasteiger partial charge in [-0.3, -0.25) is 4.90 Å². The minimum Gasteiger partial charge on any atom is -0.326 e. The summed E-state index contributed by atoms with van der Waals surface area (Å²) in [5.74, 6) is 0. The zero-order valence-electron chi connectivity index (χ0n) is 11.1. The average molecular weight is 312 g/mol. The van der Waals surface area contributed by atoms with E-state index in [0.29, 0.717) is 6.04 Å². The lowest BCUT2D eigenvalue weighted by atomic mass is 9.98. The third-order valence-corrected chi connectivity index (χ3v) is 4.11. The third-order valence-electron chi connectivity index (χ3n) is 3.62. The number of nitrogens with zero attached hydrogens (tertiary/aromatic N) is 2. The van der Waals surface area contributed by atoms with Gasteiger partial charge in [-0.1, -0.05) is 28.1 Å². The average Bonchev–Trinajstić information content (AvgIpc) is 2.32. The van der Waals surface area contributed by atoms with E-state index in [1.165, 1.54) is 5.56 Å². The lowest BCUT2D eigenvalue weighted by molar-refractivity contribution is 0.101. The molecule has 0 aromatic heterocycles. The summed E-state index contributed by atoms with van der Waals surface area (Å²) in [6.07, 6.45) is 0. The van der Waals surface area contributed by atoms with Gasteiger partial charge in [0.25, 0.3) is 0 Å². The summed E-state index contributed by atoms with van der Waals surface area (Å²) in [5.41, 5.74) is 7.52. The Balaban J connectivity index is 2.18. The zero-order valence-corrected chi connectivity index (χ0v) is 12.7. The largest absolute Gasteiger partial charge is 0.326 e. The first kappa shape index (κ1) is 14.0. The van der Waals surface area contributed by atoms with Crippen LogP contribution in [0, 0.1) is 0 Å². The molecule has 2 N–H and O–H groups in total. The van der Waals surface area contributed by atoms with Gasteiger partial charge in [0.15, 0.2) is 0 Å². The number of hydrogen-bond donors (Lipinski definition) is 1. The fraction of sp³-hybridized carbons (Fsp3) is 0.571. The van der Waals surface area contributed by atoms with Crippen molar-refractivity contribution in [2.45, 2.75) is 19.0 Å². The molecule has 2 unspecified atom stereocenters. The second-order valence-corrected chi connectivity index (χ2v) is 6.11. The van der Waals surface area contributed by atoms with Crippen molar-refractivity contribution in [2.75, 3.05) is 33.2 Å². The van der Waals surface area contributed by atoms with E-state index in [1.807, 2.05) is 0 Å². The highest BCUT2D eigenvalue weighted by Crippen LogP contribution is 2.26. The second kappa shape index (κ2) is 6.15. The van der Waals surface area contributed by atoms with Crippen LogP contribution >= 0.6 is 15.9 Å². The molecule has 2 atom stereocenters. The molecule has 0 saturated carbocycles. The van der Waals surface area contributed by atoms with Crippen LogP contribution in [0.3, 0.4) is 0 Å². The topological polar surface area (TPSA) is 32.5 Å². The fourth-order valence-corrected chi connectivity index (χ4v) is 3.05. The number of likely N-dealkylation sites (N-methyl/N-ethyl adjacent to an activating group) is 1. The van der Waals surface area contributed by atoms with E-state index in [0.717, 1.165) is 30.7 Å². The molecule has 0 bridgehead atoms. The van der Waals surface area contributed by atoms with Gasteiger partial charge in [-0.05, 0) is 31.7 Å². The van der Waals surface area contributed by atoms with Crippen LogP contribution in [-0.2, 0) is 0 Å². The smallest absolute Gasteiger partial charge is 0.0497 e. The molecule has 2 rings (SSSR count). The Morgan fingerprint density at radius 1 is 1.22 bits per heavy atom. The third kappa shape index (κ3) is 3.32. The van der Waals surface area contributed by atoms with Crippen molar-refractivity contribution in [3.8, 4) is 0 Å². The van der Waals surface area contributed by atoms with Crippen LogP contribution in [0.1, 0.15) is 18.5 Å². The zero-order chi connectivity index (χ0) is 13.1. The molecule has 1 aromatic carbocycles. The molecule has 1 aliphatic heterocycles. The van der Waals surface area contributed by atoms with E-state index in [4.69, 9.17) is 5.73 Å².